The smallest absolute Gasteiger partial charge is 0.234 e. The van der Waals surface area contributed by atoms with Crippen molar-refractivity contribution >= 4 is 46.6 Å². The highest BCUT2D eigenvalue weighted by molar-refractivity contribution is 7.99. The van der Waals surface area contributed by atoms with Crippen LogP contribution in [-0.2, 0) is 24.8 Å². The van der Waals surface area contributed by atoms with Gasteiger partial charge >= 0.3 is 0 Å². The third-order valence-electron chi connectivity index (χ3n) is 4.06. The Morgan fingerprint density at radius 3 is 2.56 bits per heavy atom. The number of halogens is 2. The number of anilines is 1. The molecular formula is C18H19Cl2N5OS. The van der Waals surface area contributed by atoms with Gasteiger partial charge in [0.1, 0.15) is 5.82 Å². The molecule has 27 heavy (non-hydrogen) atoms. The van der Waals surface area contributed by atoms with Crippen LogP contribution in [0.15, 0.2) is 41.7 Å². The largest absolute Gasteiger partial charge is 0.354 e. The molecule has 0 fully saturated rings. The zero-order chi connectivity index (χ0) is 19.4. The highest BCUT2D eigenvalue weighted by Gasteiger charge is 2.15. The quantitative estimate of drug-likeness (QED) is 0.576. The summed E-state index contributed by atoms with van der Waals surface area (Å²) in [5.74, 6) is 0.852. The van der Waals surface area contributed by atoms with Gasteiger partial charge in [-0.2, -0.15) is 0 Å². The van der Waals surface area contributed by atoms with E-state index >= 15 is 0 Å². The summed E-state index contributed by atoms with van der Waals surface area (Å²) < 4.78 is 4.08. The molecule has 0 unspecified atom stereocenters. The van der Waals surface area contributed by atoms with E-state index in [9.17, 15) is 4.79 Å². The number of para-hydroxylation sites is 1. The fourth-order valence-electron chi connectivity index (χ4n) is 2.64. The van der Waals surface area contributed by atoms with Gasteiger partial charge in [0.15, 0.2) is 5.16 Å². The molecule has 9 heteroatoms. The Bertz CT molecular complexity index is 933. The Kier molecular flexibility index (Phi) is 6.46. The highest BCUT2D eigenvalue weighted by Crippen LogP contribution is 2.30. The van der Waals surface area contributed by atoms with E-state index in [4.69, 9.17) is 23.2 Å². The van der Waals surface area contributed by atoms with Gasteiger partial charge in [0, 0.05) is 31.9 Å². The average Bonchev–Trinajstić information content (AvgIpc) is 3.22. The van der Waals surface area contributed by atoms with Crippen molar-refractivity contribution in [1.82, 2.24) is 19.3 Å². The van der Waals surface area contributed by atoms with Crippen molar-refractivity contribution in [3.05, 3.63) is 58.1 Å². The number of aromatic nitrogens is 4. The molecule has 0 saturated heterocycles. The molecule has 1 aromatic carbocycles. The van der Waals surface area contributed by atoms with Crippen molar-refractivity contribution < 1.29 is 4.79 Å². The van der Waals surface area contributed by atoms with Crippen molar-refractivity contribution in [2.24, 2.45) is 7.05 Å². The molecule has 0 aliphatic carbocycles. The van der Waals surface area contributed by atoms with Crippen LogP contribution >= 0.6 is 35.0 Å². The molecule has 1 amide bonds. The topological polar surface area (TPSA) is 64.7 Å². The Hall–Kier alpha value is -1.96. The third kappa shape index (κ3) is 4.66. The molecule has 1 N–H and O–H groups in total. The molecule has 0 spiro atoms. The molecule has 3 rings (SSSR count). The van der Waals surface area contributed by atoms with E-state index in [0.717, 1.165) is 18.1 Å². The third-order valence-corrected chi connectivity index (χ3v) is 5.66. The van der Waals surface area contributed by atoms with Crippen LogP contribution in [0.1, 0.15) is 18.4 Å². The van der Waals surface area contributed by atoms with Crippen LogP contribution in [0.5, 0.6) is 0 Å². The number of hydrogen-bond donors (Lipinski definition) is 1. The second-order valence-electron chi connectivity index (χ2n) is 5.86. The number of carbonyl (C=O) groups excluding carboxylic acids is 1. The number of nitrogens with zero attached hydrogens (tertiary/aromatic N) is 4. The number of nitrogens with one attached hydrogen (secondary N) is 1. The van der Waals surface area contributed by atoms with E-state index in [0.29, 0.717) is 27.3 Å². The van der Waals surface area contributed by atoms with E-state index < -0.39 is 0 Å². The van der Waals surface area contributed by atoms with Crippen molar-refractivity contribution in [2.75, 3.05) is 11.1 Å². The SMILES string of the molecule is CCn1c(Cc2cccn2C)nnc1SCC(=O)Nc1c(Cl)cccc1Cl. The van der Waals surface area contributed by atoms with Gasteiger partial charge in [-0.05, 0) is 31.2 Å². The number of amides is 1. The highest BCUT2D eigenvalue weighted by atomic mass is 35.5. The van der Waals surface area contributed by atoms with Gasteiger partial charge in [0.25, 0.3) is 0 Å². The molecule has 0 aliphatic rings. The van der Waals surface area contributed by atoms with Crippen LogP contribution in [0.4, 0.5) is 5.69 Å². The molecule has 0 atom stereocenters. The van der Waals surface area contributed by atoms with Crippen molar-refractivity contribution in [1.29, 1.82) is 0 Å². The first-order valence-corrected chi connectivity index (χ1v) is 10.1. The van der Waals surface area contributed by atoms with Gasteiger partial charge in [-0.1, -0.05) is 41.0 Å². The molecule has 2 aromatic heterocycles. The maximum atomic E-state index is 12.3. The van der Waals surface area contributed by atoms with Crippen LogP contribution in [-0.4, -0.2) is 31.0 Å². The van der Waals surface area contributed by atoms with Gasteiger partial charge in [0.2, 0.25) is 5.91 Å². The summed E-state index contributed by atoms with van der Waals surface area (Å²) in [4.78, 5) is 12.3. The average molecular weight is 424 g/mol. The number of hydrogen-bond acceptors (Lipinski definition) is 4. The summed E-state index contributed by atoms with van der Waals surface area (Å²) in [7, 11) is 2.00. The number of thioether (sulfide) groups is 1. The van der Waals surface area contributed by atoms with Gasteiger partial charge < -0.3 is 14.5 Å². The minimum absolute atomic E-state index is 0.184. The first-order valence-electron chi connectivity index (χ1n) is 8.38. The molecular weight excluding hydrogens is 405 g/mol. The monoisotopic (exact) mass is 423 g/mol. The minimum Gasteiger partial charge on any atom is -0.354 e. The van der Waals surface area contributed by atoms with Gasteiger partial charge in [-0.15, -0.1) is 10.2 Å². The van der Waals surface area contributed by atoms with Gasteiger partial charge in [0.05, 0.1) is 21.5 Å². The molecule has 3 aromatic rings. The molecule has 0 radical (unpaired) electrons. The predicted octanol–water partition coefficient (Wildman–Crippen LogP) is 4.26. The first kappa shape index (κ1) is 19.8. The van der Waals surface area contributed by atoms with E-state index in [1.54, 1.807) is 18.2 Å². The van der Waals surface area contributed by atoms with Crippen molar-refractivity contribution in [3.63, 3.8) is 0 Å². The number of rotatable bonds is 7. The lowest BCUT2D eigenvalue weighted by molar-refractivity contribution is -0.113. The lowest BCUT2D eigenvalue weighted by atomic mass is 10.3. The normalized spacial score (nSPS) is 11.0. The minimum atomic E-state index is -0.204. The molecule has 0 bridgehead atoms. The van der Waals surface area contributed by atoms with Crippen LogP contribution in [0, 0.1) is 0 Å². The second-order valence-corrected chi connectivity index (χ2v) is 7.62. The molecule has 6 nitrogen and oxygen atoms in total. The summed E-state index contributed by atoms with van der Waals surface area (Å²) in [5.41, 5.74) is 1.58. The molecule has 142 valence electrons. The van der Waals surface area contributed by atoms with E-state index in [1.165, 1.54) is 11.8 Å². The lowest BCUT2D eigenvalue weighted by Gasteiger charge is -2.10. The Morgan fingerprint density at radius 2 is 1.93 bits per heavy atom. The fraction of sp³-hybridized carbons (Fsp3) is 0.278. The zero-order valence-corrected chi connectivity index (χ0v) is 17.3. The number of aryl methyl sites for hydroxylation is 1. The van der Waals surface area contributed by atoms with Crippen molar-refractivity contribution in [2.45, 2.75) is 25.0 Å². The van der Waals surface area contributed by atoms with Crippen LogP contribution in [0.25, 0.3) is 0 Å². The standard InChI is InChI=1S/C18H19Cl2N5OS/c1-3-25-15(10-12-6-5-9-24(12)2)22-23-18(25)27-11-16(26)21-17-13(19)7-4-8-14(17)20/h4-9H,3,10-11H2,1-2H3,(H,21,26). The number of benzene rings is 1. The first-order chi connectivity index (χ1) is 13.0. The summed E-state index contributed by atoms with van der Waals surface area (Å²) in [6.07, 6.45) is 2.69. The fourth-order valence-corrected chi connectivity index (χ4v) is 3.95. The molecule has 0 saturated carbocycles. The molecule has 2 heterocycles. The van der Waals surface area contributed by atoms with Gasteiger partial charge in [-0.3, -0.25) is 4.79 Å². The van der Waals surface area contributed by atoms with Crippen molar-refractivity contribution in [3.8, 4) is 0 Å². The summed E-state index contributed by atoms with van der Waals surface area (Å²) in [5, 5.41) is 12.8. The molecule has 0 aliphatic heterocycles. The Morgan fingerprint density at radius 1 is 1.19 bits per heavy atom. The maximum Gasteiger partial charge on any atom is 0.234 e. The van der Waals surface area contributed by atoms with E-state index in [2.05, 4.69) is 26.1 Å². The van der Waals surface area contributed by atoms with Crippen LogP contribution in [0.3, 0.4) is 0 Å². The second kappa shape index (κ2) is 8.82. The Labute approximate surface area is 171 Å². The summed E-state index contributed by atoms with van der Waals surface area (Å²) in [6.45, 7) is 2.76. The number of carbonyl (C=O) groups is 1. The Balaban J connectivity index is 1.66. The van der Waals surface area contributed by atoms with Crippen LogP contribution in [0.2, 0.25) is 10.0 Å². The van der Waals surface area contributed by atoms with E-state index in [-0.39, 0.29) is 11.7 Å². The van der Waals surface area contributed by atoms with Gasteiger partial charge in [-0.25, -0.2) is 0 Å². The van der Waals surface area contributed by atoms with E-state index in [1.807, 2.05) is 30.8 Å². The van der Waals surface area contributed by atoms with Crippen LogP contribution < -0.4 is 5.32 Å². The predicted molar refractivity (Wildman–Crippen MR) is 110 cm³/mol. The lowest BCUT2D eigenvalue weighted by Crippen LogP contribution is -2.15. The zero-order valence-electron chi connectivity index (χ0n) is 14.9. The maximum absolute atomic E-state index is 12.3. The summed E-state index contributed by atoms with van der Waals surface area (Å²) >= 11 is 13.5. The summed E-state index contributed by atoms with van der Waals surface area (Å²) in [6, 6.07) is 9.15.